The fourth-order valence-corrected chi connectivity index (χ4v) is 2.70. The van der Waals surface area contributed by atoms with E-state index in [0.29, 0.717) is 11.5 Å². The minimum absolute atomic E-state index is 0.00843. The molecule has 1 heterocycles. The number of alkyl halides is 2. The number of nitrogens with zero attached hydrogens (tertiary/aromatic N) is 3. The Morgan fingerprint density at radius 1 is 0.800 bits per heavy atom. The van der Waals surface area contributed by atoms with Crippen LogP contribution in [0.5, 0.6) is 0 Å². The van der Waals surface area contributed by atoms with Gasteiger partial charge in [0.2, 0.25) is 5.82 Å². The third-order valence-corrected chi connectivity index (χ3v) is 4.08. The van der Waals surface area contributed by atoms with E-state index >= 15 is 0 Å². The average molecular weight is 341 g/mol. The number of hydrogen-bond acceptors (Lipinski definition) is 2. The van der Waals surface area contributed by atoms with Crippen LogP contribution in [0.4, 0.5) is 8.78 Å². The van der Waals surface area contributed by atoms with E-state index in [9.17, 15) is 8.78 Å². The molecule has 1 aromatic heterocycles. The highest BCUT2D eigenvalue weighted by molar-refractivity contribution is 5.59. The van der Waals surface area contributed by atoms with E-state index in [2.05, 4.69) is 31.0 Å². The molecule has 3 nitrogen and oxygen atoms in total. The molecule has 3 aromatic rings. The predicted molar refractivity (Wildman–Crippen MR) is 95.1 cm³/mol. The van der Waals surface area contributed by atoms with Crippen molar-refractivity contribution in [1.29, 1.82) is 0 Å². The van der Waals surface area contributed by atoms with Gasteiger partial charge in [0.25, 0.3) is 0 Å². The zero-order valence-corrected chi connectivity index (χ0v) is 14.8. The molecule has 0 aliphatic carbocycles. The monoisotopic (exact) mass is 341 g/mol. The minimum atomic E-state index is -3.09. The Hall–Kier alpha value is -2.56. The van der Waals surface area contributed by atoms with Gasteiger partial charge in [-0.05, 0) is 23.1 Å². The summed E-state index contributed by atoms with van der Waals surface area (Å²) in [6.45, 7) is 7.18. The second-order valence-electron chi connectivity index (χ2n) is 7.23. The van der Waals surface area contributed by atoms with Crippen LogP contribution in [0.25, 0.3) is 17.1 Å². The van der Waals surface area contributed by atoms with Crippen LogP contribution in [0, 0.1) is 0 Å². The Kier molecular flexibility index (Phi) is 4.19. The van der Waals surface area contributed by atoms with E-state index in [1.54, 1.807) is 0 Å². The van der Waals surface area contributed by atoms with E-state index in [-0.39, 0.29) is 11.2 Å². The molecule has 2 aromatic carbocycles. The summed E-state index contributed by atoms with van der Waals surface area (Å²) < 4.78 is 29.6. The number of benzene rings is 2. The van der Waals surface area contributed by atoms with Gasteiger partial charge in [-0.25, -0.2) is 0 Å². The molecule has 0 bridgehead atoms. The first-order valence-corrected chi connectivity index (χ1v) is 8.18. The van der Waals surface area contributed by atoms with Crippen LogP contribution in [-0.2, 0) is 11.3 Å². The smallest absolute Gasteiger partial charge is 0.274 e. The highest BCUT2D eigenvalue weighted by Crippen LogP contribution is 2.32. The van der Waals surface area contributed by atoms with Crippen LogP contribution >= 0.6 is 0 Å². The normalized spacial score (nSPS) is 12.4. The first kappa shape index (κ1) is 17.3. The molecule has 0 atom stereocenters. The molecule has 0 radical (unpaired) electrons. The van der Waals surface area contributed by atoms with Gasteiger partial charge in [-0.15, -0.1) is 10.2 Å². The molecule has 0 spiro atoms. The molecule has 25 heavy (non-hydrogen) atoms. The lowest BCUT2D eigenvalue weighted by Gasteiger charge is -2.20. The molecule has 0 aliphatic rings. The first-order valence-electron chi connectivity index (χ1n) is 8.18. The Morgan fingerprint density at radius 2 is 1.40 bits per heavy atom. The number of halogens is 2. The van der Waals surface area contributed by atoms with Crippen LogP contribution in [0.3, 0.4) is 0 Å². The van der Waals surface area contributed by atoms with Crippen LogP contribution in [0.2, 0.25) is 0 Å². The van der Waals surface area contributed by atoms with Crippen molar-refractivity contribution in [2.75, 3.05) is 0 Å². The van der Waals surface area contributed by atoms with Crippen molar-refractivity contribution in [3.63, 3.8) is 0 Å². The Balaban J connectivity index is 2.18. The summed E-state index contributed by atoms with van der Waals surface area (Å²) in [5.41, 5.74) is 2.49. The predicted octanol–water partition coefficient (Wildman–Crippen LogP) is 5.34. The van der Waals surface area contributed by atoms with Crippen molar-refractivity contribution in [2.45, 2.75) is 39.0 Å². The van der Waals surface area contributed by atoms with Crippen molar-refractivity contribution in [2.24, 2.45) is 0 Å². The highest BCUT2D eigenvalue weighted by Gasteiger charge is 2.33. The summed E-state index contributed by atoms with van der Waals surface area (Å²) in [6, 6.07) is 16.8. The summed E-state index contributed by atoms with van der Waals surface area (Å²) >= 11 is 0. The molecule has 0 saturated carbocycles. The minimum Gasteiger partial charge on any atom is -0.274 e. The summed E-state index contributed by atoms with van der Waals surface area (Å²) in [7, 11) is 0. The van der Waals surface area contributed by atoms with Crippen molar-refractivity contribution in [3.8, 4) is 17.1 Å². The maximum atomic E-state index is 14.1. The van der Waals surface area contributed by atoms with Crippen LogP contribution < -0.4 is 0 Å². The molecular weight excluding hydrogens is 320 g/mol. The Morgan fingerprint density at radius 3 is 1.92 bits per heavy atom. The lowest BCUT2D eigenvalue weighted by molar-refractivity contribution is 0.00593. The SMILES string of the molecule is CC(C)(C)c1ccc(-n2c(-c3ccccc3)nnc2C(C)(F)F)cc1. The van der Waals surface area contributed by atoms with Crippen LogP contribution in [0.15, 0.2) is 54.6 Å². The Labute approximate surface area is 146 Å². The quantitative estimate of drug-likeness (QED) is 0.643. The summed E-state index contributed by atoms with van der Waals surface area (Å²) in [5.74, 6) is -3.06. The van der Waals surface area contributed by atoms with Crippen LogP contribution in [0.1, 0.15) is 39.1 Å². The maximum Gasteiger partial charge on any atom is 0.304 e. The topological polar surface area (TPSA) is 30.7 Å². The van der Waals surface area contributed by atoms with Crippen molar-refractivity contribution in [3.05, 3.63) is 66.0 Å². The Bertz CT molecular complexity index is 855. The van der Waals surface area contributed by atoms with Crippen molar-refractivity contribution < 1.29 is 8.78 Å². The summed E-state index contributed by atoms with van der Waals surface area (Å²) in [5, 5.41) is 7.81. The standard InChI is InChI=1S/C20H21F2N3/c1-19(2,3)15-10-12-16(13-11-15)25-17(14-8-6-5-7-9-14)23-24-18(25)20(4,21)22/h5-13H,1-4H3. The zero-order valence-electron chi connectivity index (χ0n) is 14.8. The fourth-order valence-electron chi connectivity index (χ4n) is 2.70. The summed E-state index contributed by atoms with van der Waals surface area (Å²) in [4.78, 5) is 0. The largest absolute Gasteiger partial charge is 0.304 e. The zero-order chi connectivity index (χ0) is 18.2. The second-order valence-corrected chi connectivity index (χ2v) is 7.23. The van der Waals surface area contributed by atoms with Crippen molar-refractivity contribution >= 4 is 0 Å². The summed E-state index contributed by atoms with van der Waals surface area (Å²) in [6.07, 6.45) is 0. The van der Waals surface area contributed by atoms with Gasteiger partial charge >= 0.3 is 5.92 Å². The number of hydrogen-bond donors (Lipinski definition) is 0. The van der Waals surface area contributed by atoms with Gasteiger partial charge in [0.05, 0.1) is 0 Å². The van der Waals surface area contributed by atoms with Gasteiger partial charge in [0, 0.05) is 18.2 Å². The van der Waals surface area contributed by atoms with E-state index in [0.717, 1.165) is 18.1 Å². The van der Waals surface area contributed by atoms with Gasteiger partial charge in [-0.1, -0.05) is 63.2 Å². The van der Waals surface area contributed by atoms with Crippen LogP contribution in [-0.4, -0.2) is 14.8 Å². The van der Waals surface area contributed by atoms with E-state index in [1.807, 2.05) is 54.6 Å². The molecular formula is C20H21F2N3. The van der Waals surface area contributed by atoms with E-state index in [1.165, 1.54) is 4.57 Å². The molecule has 0 fully saturated rings. The van der Waals surface area contributed by atoms with E-state index < -0.39 is 5.92 Å². The lowest BCUT2D eigenvalue weighted by atomic mass is 9.87. The third-order valence-electron chi connectivity index (χ3n) is 4.08. The molecule has 0 saturated heterocycles. The maximum absolute atomic E-state index is 14.1. The number of aromatic nitrogens is 3. The average Bonchev–Trinajstić information content (AvgIpc) is 3.00. The fraction of sp³-hybridized carbons (Fsp3) is 0.300. The second kappa shape index (κ2) is 6.06. The van der Waals surface area contributed by atoms with E-state index in [4.69, 9.17) is 0 Å². The van der Waals surface area contributed by atoms with Gasteiger partial charge in [-0.3, -0.25) is 4.57 Å². The molecule has 5 heteroatoms. The number of rotatable bonds is 3. The molecule has 3 rings (SSSR count). The van der Waals surface area contributed by atoms with Gasteiger partial charge in [0.15, 0.2) is 5.82 Å². The molecule has 0 unspecified atom stereocenters. The highest BCUT2D eigenvalue weighted by atomic mass is 19.3. The van der Waals surface area contributed by atoms with Gasteiger partial charge < -0.3 is 0 Å². The molecule has 0 amide bonds. The van der Waals surface area contributed by atoms with Gasteiger partial charge in [0.1, 0.15) is 0 Å². The molecule has 0 aliphatic heterocycles. The third kappa shape index (κ3) is 3.45. The van der Waals surface area contributed by atoms with Gasteiger partial charge in [-0.2, -0.15) is 8.78 Å². The first-order chi connectivity index (χ1) is 11.7. The lowest BCUT2D eigenvalue weighted by Crippen LogP contribution is -2.16. The molecule has 0 N–H and O–H groups in total. The molecule has 130 valence electrons. The van der Waals surface area contributed by atoms with Crippen molar-refractivity contribution in [1.82, 2.24) is 14.8 Å².